The Bertz CT molecular complexity index is 376. The Kier molecular flexibility index (Phi) is 3.96. The number of ether oxygens (including phenoxy) is 1. The van der Waals surface area contributed by atoms with Crippen LogP contribution in [-0.4, -0.2) is 23.7 Å². The zero-order valence-corrected chi connectivity index (χ0v) is 12.1. The fourth-order valence-corrected chi connectivity index (χ4v) is 5.39. The van der Waals surface area contributed by atoms with E-state index in [9.17, 15) is 0 Å². The molecule has 1 aromatic heterocycles. The van der Waals surface area contributed by atoms with E-state index in [0.717, 1.165) is 25.2 Å². The second-order valence-electron chi connectivity index (χ2n) is 5.25. The second kappa shape index (κ2) is 5.51. The molecule has 2 fully saturated rings. The lowest BCUT2D eigenvalue weighted by molar-refractivity contribution is -0.0852. The molecule has 100 valence electrons. The molecule has 0 saturated carbocycles. The molecule has 0 aliphatic carbocycles. The first-order valence-electron chi connectivity index (χ1n) is 6.54. The summed E-state index contributed by atoms with van der Waals surface area (Å²) in [6.45, 7) is 0.884. The Labute approximate surface area is 116 Å². The van der Waals surface area contributed by atoms with Crippen molar-refractivity contribution in [1.29, 1.82) is 0 Å². The molecule has 5 heteroatoms. The molecule has 2 saturated heterocycles. The van der Waals surface area contributed by atoms with Crippen molar-refractivity contribution in [2.45, 2.75) is 30.9 Å². The van der Waals surface area contributed by atoms with Crippen LogP contribution < -0.4 is 11.3 Å². The van der Waals surface area contributed by atoms with E-state index >= 15 is 0 Å². The van der Waals surface area contributed by atoms with Crippen LogP contribution in [0.3, 0.4) is 0 Å². The molecule has 0 aromatic carbocycles. The van der Waals surface area contributed by atoms with Crippen LogP contribution in [0.1, 0.15) is 30.2 Å². The Morgan fingerprint density at radius 3 is 3.17 bits per heavy atom. The summed E-state index contributed by atoms with van der Waals surface area (Å²) in [5, 5.41) is 2.13. The van der Waals surface area contributed by atoms with Crippen molar-refractivity contribution in [3.63, 3.8) is 0 Å². The number of thiophene rings is 1. The maximum Gasteiger partial charge on any atom is 0.0783 e. The average Bonchev–Trinajstić information content (AvgIpc) is 3.03. The smallest absolute Gasteiger partial charge is 0.0783 e. The number of hydrogen-bond acceptors (Lipinski definition) is 5. The van der Waals surface area contributed by atoms with Crippen molar-refractivity contribution < 1.29 is 4.74 Å². The molecule has 0 amide bonds. The minimum absolute atomic E-state index is 0.139. The van der Waals surface area contributed by atoms with Crippen molar-refractivity contribution in [3.8, 4) is 0 Å². The fourth-order valence-electron chi connectivity index (χ4n) is 3.13. The molecule has 0 bridgehead atoms. The summed E-state index contributed by atoms with van der Waals surface area (Å²) < 4.78 is 6.08. The molecule has 1 aromatic rings. The second-order valence-corrected chi connectivity index (χ2v) is 7.33. The summed E-state index contributed by atoms with van der Waals surface area (Å²) in [5.41, 5.74) is 3.17. The predicted octanol–water partition coefficient (Wildman–Crippen LogP) is 2.55. The molecular formula is C13H20N2OS2. The van der Waals surface area contributed by atoms with Gasteiger partial charge < -0.3 is 4.74 Å². The molecule has 3 N–H and O–H groups in total. The Morgan fingerprint density at radius 2 is 2.50 bits per heavy atom. The van der Waals surface area contributed by atoms with E-state index in [0.29, 0.717) is 5.92 Å². The summed E-state index contributed by atoms with van der Waals surface area (Å²) in [5.74, 6) is 8.79. The number of hydrogen-bond donors (Lipinski definition) is 2. The molecule has 3 heterocycles. The van der Waals surface area contributed by atoms with Gasteiger partial charge in [0.1, 0.15) is 0 Å². The quantitative estimate of drug-likeness (QED) is 0.661. The van der Waals surface area contributed by atoms with E-state index in [4.69, 9.17) is 10.6 Å². The van der Waals surface area contributed by atoms with Gasteiger partial charge in [-0.1, -0.05) is 6.07 Å². The maximum atomic E-state index is 6.08. The van der Waals surface area contributed by atoms with Crippen molar-refractivity contribution >= 4 is 23.1 Å². The highest BCUT2D eigenvalue weighted by Gasteiger charge is 2.42. The van der Waals surface area contributed by atoms with Crippen molar-refractivity contribution in [1.82, 2.24) is 5.43 Å². The summed E-state index contributed by atoms with van der Waals surface area (Å²) in [4.78, 5) is 1.35. The number of nitrogens with one attached hydrogen (secondary N) is 1. The first kappa shape index (κ1) is 12.9. The largest absolute Gasteiger partial charge is 0.374 e. The minimum atomic E-state index is 0.139. The fraction of sp³-hybridized carbons (Fsp3) is 0.692. The third kappa shape index (κ3) is 2.47. The third-order valence-electron chi connectivity index (χ3n) is 4.10. The van der Waals surface area contributed by atoms with Crippen LogP contribution in [0.4, 0.5) is 0 Å². The highest BCUT2D eigenvalue weighted by molar-refractivity contribution is 7.99. The van der Waals surface area contributed by atoms with Gasteiger partial charge in [0.05, 0.1) is 11.6 Å². The SMILES string of the molecule is NNC(c1cccs1)C1CCOC2(CCSC2)C1. The molecule has 3 nitrogen and oxygen atoms in total. The van der Waals surface area contributed by atoms with Crippen LogP contribution in [0.25, 0.3) is 0 Å². The van der Waals surface area contributed by atoms with Gasteiger partial charge in [-0.25, -0.2) is 0 Å². The van der Waals surface area contributed by atoms with Crippen LogP contribution in [-0.2, 0) is 4.74 Å². The van der Waals surface area contributed by atoms with Crippen LogP contribution in [0, 0.1) is 5.92 Å². The summed E-state index contributed by atoms with van der Waals surface area (Å²) in [7, 11) is 0. The van der Waals surface area contributed by atoms with E-state index in [1.807, 2.05) is 11.8 Å². The average molecular weight is 284 g/mol. The standard InChI is InChI=1S/C13H20N2OS2/c14-15-12(11-2-1-6-18-11)10-3-5-16-13(8-10)4-7-17-9-13/h1-2,6,10,12,15H,3-5,7-9,14H2. The molecule has 2 aliphatic heterocycles. The number of hydrazine groups is 1. The molecule has 3 atom stereocenters. The zero-order chi connectivity index (χ0) is 12.4. The van der Waals surface area contributed by atoms with Gasteiger partial charge in [0.15, 0.2) is 0 Å². The van der Waals surface area contributed by atoms with Crippen molar-refractivity contribution in [2.24, 2.45) is 11.8 Å². The van der Waals surface area contributed by atoms with Crippen LogP contribution in [0.5, 0.6) is 0 Å². The van der Waals surface area contributed by atoms with Crippen LogP contribution in [0.15, 0.2) is 17.5 Å². The van der Waals surface area contributed by atoms with E-state index in [2.05, 4.69) is 22.9 Å². The van der Waals surface area contributed by atoms with Gasteiger partial charge in [-0.2, -0.15) is 11.8 Å². The zero-order valence-electron chi connectivity index (χ0n) is 10.4. The first-order chi connectivity index (χ1) is 8.83. The van der Waals surface area contributed by atoms with E-state index in [1.54, 1.807) is 11.3 Å². The van der Waals surface area contributed by atoms with Crippen molar-refractivity contribution in [2.75, 3.05) is 18.1 Å². The number of thioether (sulfide) groups is 1. The van der Waals surface area contributed by atoms with E-state index in [-0.39, 0.29) is 11.6 Å². The summed E-state index contributed by atoms with van der Waals surface area (Å²) >= 11 is 3.82. The molecular weight excluding hydrogens is 264 g/mol. The Morgan fingerprint density at radius 1 is 1.56 bits per heavy atom. The Hall–Kier alpha value is -0.0700. The maximum absolute atomic E-state index is 6.08. The highest BCUT2D eigenvalue weighted by atomic mass is 32.2. The normalized spacial score (nSPS) is 33.9. The van der Waals surface area contributed by atoms with Gasteiger partial charge in [0.2, 0.25) is 0 Å². The van der Waals surface area contributed by atoms with Crippen molar-refractivity contribution in [3.05, 3.63) is 22.4 Å². The predicted molar refractivity (Wildman–Crippen MR) is 77.7 cm³/mol. The molecule has 3 unspecified atom stereocenters. The summed E-state index contributed by atoms with van der Waals surface area (Å²) in [6.07, 6.45) is 3.46. The van der Waals surface area contributed by atoms with Gasteiger partial charge in [0.25, 0.3) is 0 Å². The number of nitrogens with two attached hydrogens (primary N) is 1. The lowest BCUT2D eigenvalue weighted by atomic mass is 9.81. The molecule has 0 radical (unpaired) electrons. The third-order valence-corrected chi connectivity index (χ3v) is 6.28. The van der Waals surface area contributed by atoms with E-state index in [1.165, 1.54) is 17.1 Å². The number of rotatable bonds is 3. The monoisotopic (exact) mass is 284 g/mol. The minimum Gasteiger partial charge on any atom is -0.374 e. The lowest BCUT2D eigenvalue weighted by Crippen LogP contribution is -2.44. The Balaban J connectivity index is 1.74. The highest BCUT2D eigenvalue weighted by Crippen LogP contribution is 2.44. The molecule has 18 heavy (non-hydrogen) atoms. The molecule has 3 rings (SSSR count). The summed E-state index contributed by atoms with van der Waals surface area (Å²) in [6, 6.07) is 4.57. The van der Waals surface area contributed by atoms with Gasteiger partial charge in [-0.3, -0.25) is 11.3 Å². The topological polar surface area (TPSA) is 47.3 Å². The van der Waals surface area contributed by atoms with Crippen LogP contribution in [0.2, 0.25) is 0 Å². The lowest BCUT2D eigenvalue weighted by Gasteiger charge is -2.40. The van der Waals surface area contributed by atoms with Gasteiger partial charge in [-0.15, -0.1) is 11.3 Å². The van der Waals surface area contributed by atoms with Gasteiger partial charge in [-0.05, 0) is 42.4 Å². The van der Waals surface area contributed by atoms with Gasteiger partial charge >= 0.3 is 0 Å². The van der Waals surface area contributed by atoms with Crippen LogP contribution >= 0.6 is 23.1 Å². The van der Waals surface area contributed by atoms with E-state index < -0.39 is 0 Å². The first-order valence-corrected chi connectivity index (χ1v) is 8.58. The molecule has 1 spiro atoms. The molecule has 2 aliphatic rings. The van der Waals surface area contributed by atoms with Gasteiger partial charge in [0, 0.05) is 17.2 Å².